The largest absolute Gasteiger partial charge is 0.467 e. The van der Waals surface area contributed by atoms with Gasteiger partial charge in [-0.15, -0.1) is 11.3 Å². The summed E-state index contributed by atoms with van der Waals surface area (Å²) in [5, 5.41) is 11.8. The van der Waals surface area contributed by atoms with Gasteiger partial charge in [0.15, 0.2) is 5.82 Å². The standard InChI is InChI=1S/C21H14F5N5OS.C10H17NO3.C7H12FN/c1-3-29-19-9-6-11(21(24,25)26)14(15(23)16(9)30-20(31-19)32-2)8-4-5-12(22)17-13(8)10(7-27)18(28)33-17;1-8-3-2-4-11(8)10(12)14-7-9-5-13-6-9;8-6-4-7-2-1-3-9(7)5-6/h4-6H,3,28H2,1-2H3,(H,29,30,31);8-9H,2-7H2,1H3;6-7H,1-5H2. The zero-order chi connectivity index (χ0) is 40.3. The minimum absolute atomic E-state index is 0.0444. The number of likely N-dealkylation sites (tertiary alicyclic amines) is 1. The van der Waals surface area contributed by atoms with E-state index in [0.29, 0.717) is 42.5 Å². The quantitative estimate of drug-likeness (QED) is 0.184. The third-order valence-electron chi connectivity index (χ3n) is 10.3. The number of nitrogens with two attached hydrogens (primary N) is 1. The highest BCUT2D eigenvalue weighted by Gasteiger charge is 2.38. The lowest BCUT2D eigenvalue weighted by molar-refractivity contribution is -0.137. The molecule has 302 valence electrons. The predicted molar refractivity (Wildman–Crippen MR) is 200 cm³/mol. The van der Waals surface area contributed by atoms with E-state index in [9.17, 15) is 32.0 Å². The van der Waals surface area contributed by atoms with Crippen LogP contribution >= 0.6 is 11.3 Å². The van der Waals surface area contributed by atoms with Gasteiger partial charge in [-0.25, -0.2) is 18.0 Å². The molecular formula is C38H43F6N7O4S. The number of carbonyl (C=O) groups excluding carboxylic acids is 1. The first kappa shape index (κ1) is 41.0. The van der Waals surface area contributed by atoms with Gasteiger partial charge >= 0.3 is 18.3 Å². The first-order valence-corrected chi connectivity index (χ1v) is 19.3. The minimum Gasteiger partial charge on any atom is -0.467 e. The van der Waals surface area contributed by atoms with Crippen LogP contribution in [-0.4, -0.2) is 97.2 Å². The minimum atomic E-state index is -5.00. The average Bonchev–Trinajstić information content (AvgIpc) is 3.92. The fraction of sp³-hybridized carbons (Fsp3) is 0.526. The van der Waals surface area contributed by atoms with E-state index in [1.165, 1.54) is 20.0 Å². The number of ether oxygens (including phenoxy) is 3. The van der Waals surface area contributed by atoms with Crippen molar-refractivity contribution in [3.05, 3.63) is 41.0 Å². The summed E-state index contributed by atoms with van der Waals surface area (Å²) in [4.78, 5) is 23.6. The second-order valence-corrected chi connectivity index (χ2v) is 15.2. The molecule has 3 N–H and O–H groups in total. The number of methoxy groups -OCH3 is 1. The molecule has 18 heteroatoms. The van der Waals surface area contributed by atoms with Crippen LogP contribution in [-0.2, 0) is 15.7 Å². The lowest BCUT2D eigenvalue weighted by Crippen LogP contribution is -2.38. The number of rotatable bonds is 6. The van der Waals surface area contributed by atoms with Crippen molar-refractivity contribution in [1.29, 1.82) is 5.26 Å². The van der Waals surface area contributed by atoms with E-state index < -0.39 is 40.6 Å². The Balaban J connectivity index is 0.000000186. The first-order chi connectivity index (χ1) is 26.7. The number of carbonyl (C=O) groups is 1. The van der Waals surface area contributed by atoms with Gasteiger partial charge in [0.05, 0.1) is 36.2 Å². The van der Waals surface area contributed by atoms with Gasteiger partial charge in [0, 0.05) is 54.0 Å². The summed E-state index contributed by atoms with van der Waals surface area (Å²) in [5.74, 6) is -1.73. The molecule has 6 heterocycles. The number of hydrogen-bond acceptors (Lipinski definition) is 11. The van der Waals surface area contributed by atoms with Gasteiger partial charge in [-0.3, -0.25) is 4.90 Å². The number of nitriles is 1. The summed E-state index contributed by atoms with van der Waals surface area (Å²) in [6.07, 6.45) is -0.136. The normalized spacial score (nSPS) is 20.8. The van der Waals surface area contributed by atoms with Crippen LogP contribution in [0.1, 0.15) is 57.1 Å². The monoisotopic (exact) mass is 807 g/mol. The second kappa shape index (κ2) is 17.3. The van der Waals surface area contributed by atoms with Gasteiger partial charge in [0.1, 0.15) is 41.0 Å². The van der Waals surface area contributed by atoms with E-state index in [2.05, 4.69) is 27.1 Å². The van der Waals surface area contributed by atoms with E-state index >= 15 is 4.39 Å². The SMILES string of the molecule is CC1CCCN1C(=O)OCC1COC1.CCNc1nc(OC)nc2c(F)c(-c3ccc(F)c4sc(N)c(C#N)c34)c(C(F)(F)F)cc12.FC1CC2CCCN2C1. The molecule has 3 unspecified atom stereocenters. The zero-order valence-electron chi connectivity index (χ0n) is 31.1. The number of alkyl halides is 4. The Bertz CT molecular complexity index is 2100. The highest BCUT2D eigenvalue weighted by molar-refractivity contribution is 7.23. The molecular weight excluding hydrogens is 765 g/mol. The summed E-state index contributed by atoms with van der Waals surface area (Å²) >= 11 is 0.698. The summed E-state index contributed by atoms with van der Waals surface area (Å²) in [7, 11) is 1.23. The molecule has 3 atom stereocenters. The van der Waals surface area contributed by atoms with Crippen LogP contribution in [0, 0.1) is 28.9 Å². The Morgan fingerprint density at radius 2 is 1.93 bits per heavy atom. The zero-order valence-corrected chi connectivity index (χ0v) is 32.0. The predicted octanol–water partition coefficient (Wildman–Crippen LogP) is 8.15. The Morgan fingerprint density at radius 3 is 2.54 bits per heavy atom. The molecule has 2 aromatic carbocycles. The molecule has 4 aliphatic rings. The molecule has 1 amide bonds. The second-order valence-electron chi connectivity index (χ2n) is 14.1. The lowest BCUT2D eigenvalue weighted by atomic mass is 9.92. The van der Waals surface area contributed by atoms with E-state index in [-0.39, 0.29) is 56.1 Å². The number of benzene rings is 2. The molecule has 56 heavy (non-hydrogen) atoms. The van der Waals surface area contributed by atoms with Crippen LogP contribution in [0.25, 0.3) is 32.1 Å². The Hall–Kier alpha value is -4.60. The molecule has 4 saturated heterocycles. The number of thiophene rings is 1. The molecule has 0 saturated carbocycles. The highest BCUT2D eigenvalue weighted by Crippen LogP contribution is 2.47. The maximum absolute atomic E-state index is 15.9. The van der Waals surface area contributed by atoms with E-state index in [0.717, 1.165) is 63.8 Å². The molecule has 0 spiro atoms. The van der Waals surface area contributed by atoms with Crippen molar-refractivity contribution in [3.8, 4) is 23.2 Å². The van der Waals surface area contributed by atoms with Crippen molar-refractivity contribution in [2.45, 2.75) is 70.4 Å². The number of nitrogens with zero attached hydrogens (tertiary/aromatic N) is 5. The number of nitrogen functional groups attached to an aromatic ring is 1. The average molecular weight is 808 g/mol. The van der Waals surface area contributed by atoms with Gasteiger partial charge < -0.3 is 30.2 Å². The van der Waals surface area contributed by atoms with Crippen molar-refractivity contribution in [2.24, 2.45) is 5.92 Å². The van der Waals surface area contributed by atoms with Crippen LogP contribution < -0.4 is 15.8 Å². The molecule has 0 radical (unpaired) electrons. The number of nitrogens with one attached hydrogen (secondary N) is 1. The van der Waals surface area contributed by atoms with Crippen molar-refractivity contribution in [3.63, 3.8) is 0 Å². The molecule has 4 aromatic rings. The lowest BCUT2D eigenvalue weighted by Gasteiger charge is -2.27. The van der Waals surface area contributed by atoms with Crippen LogP contribution in [0.3, 0.4) is 0 Å². The van der Waals surface area contributed by atoms with Crippen LogP contribution in [0.2, 0.25) is 0 Å². The van der Waals surface area contributed by atoms with Crippen molar-refractivity contribution in [2.75, 3.05) is 64.2 Å². The third-order valence-corrected chi connectivity index (χ3v) is 11.4. The highest BCUT2D eigenvalue weighted by atomic mass is 32.1. The van der Waals surface area contributed by atoms with Gasteiger partial charge in [-0.2, -0.15) is 28.4 Å². The maximum atomic E-state index is 15.9. The molecule has 4 fully saturated rings. The first-order valence-electron chi connectivity index (χ1n) is 18.4. The van der Waals surface area contributed by atoms with Crippen molar-refractivity contribution in [1.82, 2.24) is 19.8 Å². The molecule has 8 rings (SSSR count). The number of fused-ring (bicyclic) bond motifs is 3. The van der Waals surface area contributed by atoms with Gasteiger partial charge in [-0.1, -0.05) is 6.07 Å². The molecule has 0 bridgehead atoms. The topological polar surface area (TPSA) is 139 Å². The number of halogens is 6. The number of aromatic nitrogens is 2. The van der Waals surface area contributed by atoms with E-state index in [1.54, 1.807) is 13.0 Å². The number of anilines is 2. The van der Waals surface area contributed by atoms with E-state index in [1.807, 2.05) is 4.90 Å². The van der Waals surface area contributed by atoms with Crippen LogP contribution in [0.15, 0.2) is 18.2 Å². The number of hydrogen-bond donors (Lipinski definition) is 2. The Kier molecular flexibility index (Phi) is 12.7. The van der Waals surface area contributed by atoms with Gasteiger partial charge in [-0.05, 0) is 70.2 Å². The fourth-order valence-electron chi connectivity index (χ4n) is 7.48. The summed E-state index contributed by atoms with van der Waals surface area (Å²) in [6, 6.07) is 5.10. The summed E-state index contributed by atoms with van der Waals surface area (Å²) in [6.45, 7) is 8.75. The summed E-state index contributed by atoms with van der Waals surface area (Å²) in [5.41, 5.74) is 2.59. The Morgan fingerprint density at radius 1 is 1.18 bits per heavy atom. The number of amides is 1. The molecule has 11 nitrogen and oxygen atoms in total. The van der Waals surface area contributed by atoms with Crippen molar-refractivity contribution >= 4 is 49.2 Å². The molecule has 4 aliphatic heterocycles. The van der Waals surface area contributed by atoms with Crippen LogP contribution in [0.5, 0.6) is 6.01 Å². The maximum Gasteiger partial charge on any atom is 0.417 e. The smallest absolute Gasteiger partial charge is 0.417 e. The van der Waals surface area contributed by atoms with Gasteiger partial charge in [0.2, 0.25) is 0 Å². The Labute approximate surface area is 323 Å². The van der Waals surface area contributed by atoms with Crippen LogP contribution in [0.4, 0.5) is 42.0 Å². The van der Waals surface area contributed by atoms with Crippen molar-refractivity contribution < 1.29 is 45.3 Å². The van der Waals surface area contributed by atoms with Gasteiger partial charge in [0.25, 0.3) is 0 Å². The third kappa shape index (κ3) is 8.54. The molecule has 2 aromatic heterocycles. The summed E-state index contributed by atoms with van der Waals surface area (Å²) < 4.78 is 100. The fourth-order valence-corrected chi connectivity index (χ4v) is 8.43. The van der Waals surface area contributed by atoms with E-state index in [4.69, 9.17) is 19.9 Å². The molecule has 0 aliphatic carbocycles.